The van der Waals surface area contributed by atoms with Gasteiger partial charge in [-0.05, 0) is 114 Å². The number of rotatable bonds is 7. The Morgan fingerprint density at radius 1 is 0.274 bits per heavy atom. The molecule has 0 saturated heterocycles. The average molecular weight is 790 g/mol. The van der Waals surface area contributed by atoms with E-state index in [2.05, 4.69) is 241 Å². The maximum Gasteiger partial charge on any atom is 0.160 e. The molecule has 12 aromatic rings. The molecule has 2 nitrogen and oxygen atoms in total. The van der Waals surface area contributed by atoms with Gasteiger partial charge in [-0.3, -0.25) is 0 Å². The topological polar surface area (TPSA) is 16.4 Å². The van der Waals surface area contributed by atoms with Crippen molar-refractivity contribution in [1.82, 2.24) is 0 Å². The minimum absolute atomic E-state index is 0.856. The predicted octanol–water partition coefficient (Wildman–Crippen LogP) is 17.2. The van der Waals surface area contributed by atoms with Gasteiger partial charge in [0.15, 0.2) is 5.58 Å². The van der Waals surface area contributed by atoms with Crippen LogP contribution >= 0.6 is 0 Å². The first-order valence-corrected chi connectivity index (χ1v) is 21.2. The zero-order chi connectivity index (χ0) is 41.0. The van der Waals surface area contributed by atoms with Crippen LogP contribution in [0.5, 0.6) is 0 Å². The van der Waals surface area contributed by atoms with E-state index in [1.165, 1.54) is 54.7 Å². The van der Waals surface area contributed by atoms with E-state index in [4.69, 9.17) is 4.42 Å². The lowest BCUT2D eigenvalue weighted by molar-refractivity contribution is 0.670. The van der Waals surface area contributed by atoms with Gasteiger partial charge in [-0.15, -0.1) is 0 Å². The molecule has 1 aromatic heterocycles. The summed E-state index contributed by atoms with van der Waals surface area (Å²) in [5.74, 6) is 0. The summed E-state index contributed by atoms with van der Waals surface area (Å²) in [5, 5.41) is 9.51. The fourth-order valence-corrected chi connectivity index (χ4v) is 9.38. The van der Waals surface area contributed by atoms with Crippen LogP contribution in [0.15, 0.2) is 241 Å². The zero-order valence-electron chi connectivity index (χ0n) is 33.9. The maximum atomic E-state index is 7.15. The van der Waals surface area contributed by atoms with Crippen LogP contribution in [0.3, 0.4) is 0 Å². The van der Waals surface area contributed by atoms with Crippen LogP contribution in [0.4, 0.5) is 17.1 Å². The molecule has 0 bridgehead atoms. The van der Waals surface area contributed by atoms with Gasteiger partial charge in [-0.25, -0.2) is 0 Å². The molecule has 62 heavy (non-hydrogen) atoms. The number of nitrogens with zero attached hydrogens (tertiary/aromatic N) is 1. The predicted molar refractivity (Wildman–Crippen MR) is 263 cm³/mol. The Bertz CT molecular complexity index is 3600. The van der Waals surface area contributed by atoms with E-state index in [0.717, 1.165) is 61.1 Å². The van der Waals surface area contributed by atoms with Crippen LogP contribution in [0.1, 0.15) is 0 Å². The highest BCUT2D eigenvalue weighted by Gasteiger charge is 2.23. The van der Waals surface area contributed by atoms with Crippen molar-refractivity contribution in [3.05, 3.63) is 237 Å². The van der Waals surface area contributed by atoms with E-state index in [-0.39, 0.29) is 0 Å². The number of benzene rings is 11. The van der Waals surface area contributed by atoms with E-state index in [9.17, 15) is 0 Å². The van der Waals surface area contributed by atoms with Gasteiger partial charge in [0.2, 0.25) is 0 Å². The van der Waals surface area contributed by atoms with Gasteiger partial charge < -0.3 is 9.32 Å². The van der Waals surface area contributed by atoms with Crippen molar-refractivity contribution in [2.45, 2.75) is 0 Å². The van der Waals surface area contributed by atoms with Gasteiger partial charge in [-0.1, -0.05) is 194 Å². The molecule has 290 valence electrons. The first kappa shape index (κ1) is 35.7. The normalized spacial score (nSPS) is 11.5. The van der Waals surface area contributed by atoms with E-state index in [1.807, 2.05) is 0 Å². The number of anilines is 3. The van der Waals surface area contributed by atoms with Gasteiger partial charge in [0.05, 0.1) is 5.69 Å². The molecule has 0 aliphatic rings. The van der Waals surface area contributed by atoms with Crippen molar-refractivity contribution in [2.24, 2.45) is 0 Å². The summed E-state index contributed by atoms with van der Waals surface area (Å²) >= 11 is 0. The number of fused-ring (bicyclic) bond motifs is 7. The van der Waals surface area contributed by atoms with Crippen molar-refractivity contribution in [2.75, 3.05) is 4.90 Å². The smallest absolute Gasteiger partial charge is 0.160 e. The highest BCUT2D eigenvalue weighted by atomic mass is 16.3. The molecule has 0 unspecified atom stereocenters. The molecule has 0 fully saturated rings. The summed E-state index contributed by atoms with van der Waals surface area (Å²) < 4.78 is 7.15. The number of hydrogen-bond acceptors (Lipinski definition) is 2. The molecule has 0 aliphatic heterocycles. The summed E-state index contributed by atoms with van der Waals surface area (Å²) in [5.41, 5.74) is 14.2. The monoisotopic (exact) mass is 789 g/mol. The molecule has 0 spiro atoms. The third-order valence-corrected chi connectivity index (χ3v) is 12.4. The van der Waals surface area contributed by atoms with Crippen molar-refractivity contribution in [3.63, 3.8) is 0 Å². The van der Waals surface area contributed by atoms with E-state index >= 15 is 0 Å². The average Bonchev–Trinajstić information content (AvgIpc) is 3.75. The zero-order valence-corrected chi connectivity index (χ0v) is 33.9. The lowest BCUT2D eigenvalue weighted by atomic mass is 9.95. The van der Waals surface area contributed by atoms with E-state index in [0.29, 0.717) is 0 Å². The quantitative estimate of drug-likeness (QED) is 0.160. The largest absolute Gasteiger partial charge is 0.453 e. The van der Waals surface area contributed by atoms with Crippen LogP contribution in [0.2, 0.25) is 0 Å². The highest BCUT2D eigenvalue weighted by molar-refractivity contribution is 6.24. The molecule has 11 aromatic carbocycles. The molecule has 12 rings (SSSR count). The minimum Gasteiger partial charge on any atom is -0.453 e. The molecule has 0 amide bonds. The van der Waals surface area contributed by atoms with Crippen LogP contribution in [-0.2, 0) is 0 Å². The lowest BCUT2D eigenvalue weighted by Gasteiger charge is -2.26. The SMILES string of the molecule is c1ccc(-c2ccc(N(c3ccc(-c4ccc5ccc(-c6cccc7ccccc67)cc5c4)cc3)c3cc4ccccc4c4c3oc3c(-c5ccccc5)cccc34)cc2)cc1. The highest BCUT2D eigenvalue weighted by Crippen LogP contribution is 2.47. The van der Waals surface area contributed by atoms with Crippen LogP contribution in [-0.4, -0.2) is 0 Å². The Morgan fingerprint density at radius 2 is 0.790 bits per heavy atom. The van der Waals surface area contributed by atoms with Crippen LogP contribution in [0.25, 0.3) is 98.8 Å². The first-order chi connectivity index (χ1) is 30.7. The second kappa shape index (κ2) is 14.8. The molecular weight excluding hydrogens is 751 g/mol. The second-order valence-corrected chi connectivity index (χ2v) is 16.1. The van der Waals surface area contributed by atoms with Gasteiger partial charge in [-0.2, -0.15) is 0 Å². The summed E-state index contributed by atoms with van der Waals surface area (Å²) in [4.78, 5) is 2.36. The van der Waals surface area contributed by atoms with Crippen molar-refractivity contribution in [1.29, 1.82) is 0 Å². The van der Waals surface area contributed by atoms with Crippen LogP contribution in [0, 0.1) is 0 Å². The van der Waals surface area contributed by atoms with Crippen molar-refractivity contribution >= 4 is 71.3 Å². The summed E-state index contributed by atoms with van der Waals surface area (Å²) in [6.07, 6.45) is 0. The molecule has 0 N–H and O–H groups in total. The standard InChI is InChI=1S/C60H39NO/c1-3-13-40(14-4-1)41-29-33-50(34-30-41)61(57-39-47-18-8-10-21-54(47)58-56-24-12-23-55(59(56)62-60(57)58)45-15-5-2-6-16-45)51-35-31-42(32-36-51)46-27-25-43-26-28-48(38-49(43)37-46)53-22-11-19-44-17-7-9-20-52(44)53/h1-39H. The minimum atomic E-state index is 0.856. The molecule has 1 heterocycles. The van der Waals surface area contributed by atoms with Gasteiger partial charge >= 0.3 is 0 Å². The summed E-state index contributed by atoms with van der Waals surface area (Å²) in [6, 6.07) is 85.3. The number of furan rings is 1. The van der Waals surface area contributed by atoms with Crippen LogP contribution < -0.4 is 4.90 Å². The Hall–Kier alpha value is -8.20. The Labute approximate surface area is 360 Å². The van der Waals surface area contributed by atoms with Crippen molar-refractivity contribution < 1.29 is 4.42 Å². The van der Waals surface area contributed by atoms with Gasteiger partial charge in [0.25, 0.3) is 0 Å². The third-order valence-electron chi connectivity index (χ3n) is 12.4. The van der Waals surface area contributed by atoms with E-state index < -0.39 is 0 Å². The summed E-state index contributed by atoms with van der Waals surface area (Å²) in [7, 11) is 0. The fraction of sp³-hybridized carbons (Fsp3) is 0. The molecular formula is C60H39NO. The van der Waals surface area contributed by atoms with E-state index in [1.54, 1.807) is 0 Å². The molecule has 0 aliphatic carbocycles. The lowest BCUT2D eigenvalue weighted by Crippen LogP contribution is -2.10. The molecule has 0 atom stereocenters. The summed E-state index contributed by atoms with van der Waals surface area (Å²) in [6.45, 7) is 0. The molecule has 0 saturated carbocycles. The molecule has 2 heteroatoms. The number of para-hydroxylation sites is 1. The molecule has 0 radical (unpaired) electrons. The second-order valence-electron chi connectivity index (χ2n) is 16.1. The fourth-order valence-electron chi connectivity index (χ4n) is 9.38. The Morgan fingerprint density at radius 3 is 1.53 bits per heavy atom. The number of hydrogen-bond donors (Lipinski definition) is 0. The Balaban J connectivity index is 1.01. The maximum absolute atomic E-state index is 7.15. The Kier molecular flexibility index (Phi) is 8.53. The first-order valence-electron chi connectivity index (χ1n) is 21.2. The van der Waals surface area contributed by atoms with Crippen molar-refractivity contribution in [3.8, 4) is 44.5 Å². The van der Waals surface area contributed by atoms with Gasteiger partial charge in [0, 0.05) is 27.7 Å². The van der Waals surface area contributed by atoms with Gasteiger partial charge in [0.1, 0.15) is 5.58 Å². The third kappa shape index (κ3) is 6.12.